The summed E-state index contributed by atoms with van der Waals surface area (Å²) in [6.45, 7) is 1.17. The lowest BCUT2D eigenvalue weighted by molar-refractivity contribution is 0.0976. The number of anilines is 1. The van der Waals surface area contributed by atoms with E-state index in [4.69, 9.17) is 0 Å². The van der Waals surface area contributed by atoms with E-state index in [-0.39, 0.29) is 24.1 Å². The highest BCUT2D eigenvalue weighted by Crippen LogP contribution is 2.30. The molecule has 0 saturated heterocycles. The van der Waals surface area contributed by atoms with Crippen molar-refractivity contribution >= 4 is 45.0 Å². The van der Waals surface area contributed by atoms with Crippen LogP contribution < -0.4 is 4.90 Å². The van der Waals surface area contributed by atoms with Crippen molar-refractivity contribution < 1.29 is 9.18 Å². The maximum Gasteiger partial charge on any atom is 0.278 e. The van der Waals surface area contributed by atoms with Crippen LogP contribution in [0.1, 0.15) is 10.5 Å². The topological polar surface area (TPSA) is 54.3 Å². The van der Waals surface area contributed by atoms with Crippen molar-refractivity contribution in [2.75, 3.05) is 32.1 Å². The first-order chi connectivity index (χ1) is 11.5. The highest BCUT2D eigenvalue weighted by molar-refractivity contribution is 7.22. The Morgan fingerprint density at radius 2 is 2.04 bits per heavy atom. The Kier molecular flexibility index (Phi) is 6.10. The quantitative estimate of drug-likeness (QED) is 0.679. The summed E-state index contributed by atoms with van der Waals surface area (Å²) in [5.41, 5.74) is 1.17. The average Bonchev–Trinajstić information content (AvgIpc) is 3.12. The Hall–Kier alpha value is -2.03. The van der Waals surface area contributed by atoms with Gasteiger partial charge in [-0.3, -0.25) is 14.4 Å². The van der Waals surface area contributed by atoms with Crippen LogP contribution in [0.4, 0.5) is 9.52 Å². The van der Waals surface area contributed by atoms with Gasteiger partial charge in [0.25, 0.3) is 5.91 Å². The number of likely N-dealkylation sites (N-methyl/N-ethyl adjacent to an activating group) is 1. The van der Waals surface area contributed by atoms with Gasteiger partial charge in [-0.1, -0.05) is 11.3 Å². The van der Waals surface area contributed by atoms with Crippen LogP contribution >= 0.6 is 23.7 Å². The van der Waals surface area contributed by atoms with E-state index in [0.29, 0.717) is 29.4 Å². The van der Waals surface area contributed by atoms with Gasteiger partial charge < -0.3 is 4.90 Å². The van der Waals surface area contributed by atoms with Crippen LogP contribution in [0, 0.1) is 5.82 Å². The molecule has 9 heteroatoms. The minimum absolute atomic E-state index is 0. The van der Waals surface area contributed by atoms with Crippen LogP contribution in [0.3, 0.4) is 0 Å². The third-order valence-corrected chi connectivity index (χ3v) is 4.67. The fraction of sp³-hybridized carbons (Fsp3) is 0.312. The zero-order valence-corrected chi connectivity index (χ0v) is 15.8. The zero-order chi connectivity index (χ0) is 17.3. The average molecular weight is 384 g/mol. The van der Waals surface area contributed by atoms with E-state index in [1.54, 1.807) is 30.3 Å². The van der Waals surface area contributed by atoms with Crippen LogP contribution in [-0.4, -0.2) is 52.8 Å². The molecule has 0 aliphatic heterocycles. The van der Waals surface area contributed by atoms with Crippen LogP contribution in [0.5, 0.6) is 0 Å². The van der Waals surface area contributed by atoms with Gasteiger partial charge in [0.05, 0.1) is 10.2 Å². The number of aryl methyl sites for hydroxylation is 1. The maximum atomic E-state index is 13.4. The first kappa shape index (κ1) is 19.3. The molecule has 0 atom stereocenters. The van der Waals surface area contributed by atoms with Crippen LogP contribution in [0.2, 0.25) is 0 Å². The zero-order valence-electron chi connectivity index (χ0n) is 14.1. The van der Waals surface area contributed by atoms with Gasteiger partial charge in [-0.05, 0) is 38.4 Å². The number of carbonyl (C=O) groups is 1. The predicted molar refractivity (Wildman–Crippen MR) is 100 cm³/mol. The second-order valence-electron chi connectivity index (χ2n) is 5.71. The second-order valence-corrected chi connectivity index (χ2v) is 6.72. The predicted octanol–water partition coefficient (Wildman–Crippen LogP) is 2.80. The first-order valence-corrected chi connectivity index (χ1v) is 8.28. The Balaban J connectivity index is 0.00000225. The number of hydrogen-bond donors (Lipinski definition) is 0. The van der Waals surface area contributed by atoms with E-state index in [0.717, 1.165) is 4.70 Å². The standard InChI is InChI=1S/C16H18FN5OS.ClH/c1-20(2)8-9-22(15(23)13-6-7-18-21(13)3)16-19-12-5-4-11(17)10-14(12)24-16;/h4-7,10H,8-9H2,1-3H3;1H. The first-order valence-electron chi connectivity index (χ1n) is 7.46. The molecule has 1 aromatic carbocycles. The third kappa shape index (κ3) is 4.15. The molecule has 134 valence electrons. The Bertz CT molecular complexity index is 878. The van der Waals surface area contributed by atoms with Crippen molar-refractivity contribution in [2.24, 2.45) is 7.05 Å². The lowest BCUT2D eigenvalue weighted by atomic mass is 10.3. The van der Waals surface area contributed by atoms with Crippen molar-refractivity contribution in [3.8, 4) is 0 Å². The second kappa shape index (κ2) is 7.90. The van der Waals surface area contributed by atoms with E-state index in [2.05, 4.69) is 10.1 Å². The van der Waals surface area contributed by atoms with Crippen molar-refractivity contribution in [3.63, 3.8) is 0 Å². The number of rotatable bonds is 5. The van der Waals surface area contributed by atoms with Gasteiger partial charge in [-0.2, -0.15) is 5.10 Å². The molecule has 0 saturated carbocycles. The molecular formula is C16H19ClFN5OS. The summed E-state index contributed by atoms with van der Waals surface area (Å²) in [7, 11) is 5.62. The molecule has 2 heterocycles. The molecule has 0 fully saturated rings. The van der Waals surface area contributed by atoms with Gasteiger partial charge in [-0.25, -0.2) is 9.37 Å². The third-order valence-electron chi connectivity index (χ3n) is 3.63. The van der Waals surface area contributed by atoms with Crippen LogP contribution in [0.15, 0.2) is 30.5 Å². The smallest absolute Gasteiger partial charge is 0.278 e. The minimum Gasteiger partial charge on any atom is -0.308 e. The summed E-state index contributed by atoms with van der Waals surface area (Å²) >= 11 is 1.31. The number of thiazole rings is 1. The summed E-state index contributed by atoms with van der Waals surface area (Å²) in [5.74, 6) is -0.480. The Morgan fingerprint density at radius 3 is 2.68 bits per heavy atom. The minimum atomic E-state index is -0.310. The van der Waals surface area contributed by atoms with Crippen LogP contribution in [0.25, 0.3) is 10.2 Å². The molecule has 0 aliphatic carbocycles. The lowest BCUT2D eigenvalue weighted by Crippen LogP contribution is -2.37. The summed E-state index contributed by atoms with van der Waals surface area (Å²) in [5, 5.41) is 4.61. The molecule has 1 amide bonds. The number of nitrogens with zero attached hydrogens (tertiary/aromatic N) is 5. The van der Waals surface area contributed by atoms with Crippen molar-refractivity contribution in [1.82, 2.24) is 19.7 Å². The largest absolute Gasteiger partial charge is 0.308 e. The molecule has 0 radical (unpaired) electrons. The van der Waals surface area contributed by atoms with Gasteiger partial charge in [0.15, 0.2) is 5.13 Å². The van der Waals surface area contributed by atoms with Gasteiger partial charge in [-0.15, -0.1) is 12.4 Å². The number of carbonyl (C=O) groups excluding carboxylic acids is 1. The molecule has 2 aromatic heterocycles. The fourth-order valence-electron chi connectivity index (χ4n) is 2.31. The number of hydrogen-bond acceptors (Lipinski definition) is 5. The van der Waals surface area contributed by atoms with E-state index < -0.39 is 0 Å². The SMILES string of the molecule is CN(C)CCN(C(=O)c1ccnn1C)c1nc2ccc(F)cc2s1.Cl. The highest BCUT2D eigenvalue weighted by atomic mass is 35.5. The molecule has 3 rings (SSSR count). The molecule has 0 spiro atoms. The summed E-state index contributed by atoms with van der Waals surface area (Å²) in [4.78, 5) is 21.0. The van der Waals surface area contributed by atoms with Gasteiger partial charge >= 0.3 is 0 Å². The molecule has 0 N–H and O–H groups in total. The number of aromatic nitrogens is 3. The summed E-state index contributed by atoms with van der Waals surface area (Å²) < 4.78 is 15.7. The molecule has 6 nitrogen and oxygen atoms in total. The van der Waals surface area contributed by atoms with E-state index in [1.807, 2.05) is 19.0 Å². The van der Waals surface area contributed by atoms with Crippen molar-refractivity contribution in [1.29, 1.82) is 0 Å². The number of fused-ring (bicyclic) bond motifs is 1. The Labute approximate surface area is 155 Å². The van der Waals surface area contributed by atoms with E-state index in [9.17, 15) is 9.18 Å². The highest BCUT2D eigenvalue weighted by Gasteiger charge is 2.23. The normalized spacial score (nSPS) is 10.9. The number of amides is 1. The van der Waals surface area contributed by atoms with E-state index in [1.165, 1.54) is 28.2 Å². The molecular weight excluding hydrogens is 365 g/mol. The number of benzene rings is 1. The molecule has 0 unspecified atom stereocenters. The fourth-order valence-corrected chi connectivity index (χ4v) is 3.32. The molecule has 25 heavy (non-hydrogen) atoms. The lowest BCUT2D eigenvalue weighted by Gasteiger charge is -2.21. The summed E-state index contributed by atoms with van der Waals surface area (Å²) in [6, 6.07) is 6.12. The number of halogens is 2. The molecule has 0 bridgehead atoms. The van der Waals surface area contributed by atoms with Gasteiger partial charge in [0.1, 0.15) is 11.5 Å². The van der Waals surface area contributed by atoms with Gasteiger partial charge in [0.2, 0.25) is 0 Å². The van der Waals surface area contributed by atoms with E-state index >= 15 is 0 Å². The summed E-state index contributed by atoms with van der Waals surface area (Å²) in [6.07, 6.45) is 1.59. The maximum absolute atomic E-state index is 13.4. The van der Waals surface area contributed by atoms with Crippen molar-refractivity contribution in [3.05, 3.63) is 42.0 Å². The Morgan fingerprint density at radius 1 is 1.28 bits per heavy atom. The van der Waals surface area contributed by atoms with Crippen molar-refractivity contribution in [2.45, 2.75) is 0 Å². The van der Waals surface area contributed by atoms with Crippen LogP contribution in [-0.2, 0) is 7.05 Å². The van der Waals surface area contributed by atoms with Gasteiger partial charge in [0, 0.05) is 26.3 Å². The molecule has 0 aliphatic rings. The molecule has 3 aromatic rings. The monoisotopic (exact) mass is 383 g/mol.